The predicted molar refractivity (Wildman–Crippen MR) is 89.8 cm³/mol. The molecule has 1 unspecified atom stereocenters. The molecule has 0 fully saturated rings. The van der Waals surface area contributed by atoms with Crippen molar-refractivity contribution in [1.29, 1.82) is 0 Å². The van der Waals surface area contributed by atoms with Gasteiger partial charge in [-0.05, 0) is 12.8 Å². The monoisotopic (exact) mass is 400 g/mol. The normalized spacial score (nSPS) is 15.4. The molecular formula is C18H30N2Na2O5. The van der Waals surface area contributed by atoms with Crippen LogP contribution in [0.5, 0.6) is 0 Å². The zero-order valence-corrected chi connectivity index (χ0v) is 21.2. The Kier molecular flexibility index (Phi) is 19.9. The Morgan fingerprint density at radius 3 is 2.07 bits per heavy atom. The van der Waals surface area contributed by atoms with Gasteiger partial charge in [0.25, 0.3) is 0 Å². The summed E-state index contributed by atoms with van der Waals surface area (Å²) in [5.74, 6) is -2.15. The molecule has 1 atom stereocenters. The van der Waals surface area contributed by atoms with Crippen molar-refractivity contribution in [3.05, 3.63) is 12.4 Å². The fourth-order valence-corrected chi connectivity index (χ4v) is 2.92. The fourth-order valence-electron chi connectivity index (χ4n) is 2.92. The summed E-state index contributed by atoms with van der Waals surface area (Å²) in [6, 6.07) is 0. The number of rotatable bonds is 15. The summed E-state index contributed by atoms with van der Waals surface area (Å²) in [5, 5.41) is 21.1. The van der Waals surface area contributed by atoms with Gasteiger partial charge in [0.1, 0.15) is 6.17 Å². The van der Waals surface area contributed by atoms with Crippen LogP contribution >= 0.6 is 0 Å². The molecule has 0 spiro atoms. The third-order valence-electron chi connectivity index (χ3n) is 4.30. The van der Waals surface area contributed by atoms with Gasteiger partial charge in [-0.2, -0.15) is 0 Å². The fraction of sp³-hybridized carbons (Fsp3) is 0.778. The second-order valence-electron chi connectivity index (χ2n) is 6.31. The van der Waals surface area contributed by atoms with Gasteiger partial charge in [-0.3, -0.25) is 0 Å². The molecule has 0 aliphatic carbocycles. The molecule has 0 radical (unpaired) electrons. The van der Waals surface area contributed by atoms with Crippen LogP contribution in [0.3, 0.4) is 0 Å². The molecule has 1 heterocycles. The molecule has 144 valence electrons. The summed E-state index contributed by atoms with van der Waals surface area (Å²) in [5.41, 5.74) is 0. The predicted octanol–water partition coefficient (Wildman–Crippen LogP) is -5.93. The number of carboxylic acids is 2. The second kappa shape index (κ2) is 18.3. The first kappa shape index (κ1) is 29.4. The van der Waals surface area contributed by atoms with E-state index in [1.807, 2.05) is 17.3 Å². The smallest absolute Gasteiger partial charge is 0.550 e. The minimum Gasteiger partial charge on any atom is -0.550 e. The number of hydrogen-bond acceptors (Lipinski definition) is 7. The van der Waals surface area contributed by atoms with E-state index in [1.54, 1.807) is 0 Å². The molecule has 0 saturated heterocycles. The Morgan fingerprint density at radius 1 is 0.889 bits per heavy atom. The van der Waals surface area contributed by atoms with Gasteiger partial charge >= 0.3 is 59.1 Å². The van der Waals surface area contributed by atoms with Gasteiger partial charge in [0, 0.05) is 50.3 Å². The van der Waals surface area contributed by atoms with Gasteiger partial charge < -0.3 is 34.3 Å². The Bertz CT molecular complexity index is 438. The molecule has 0 aromatic rings. The van der Waals surface area contributed by atoms with Gasteiger partial charge in [-0.15, -0.1) is 0 Å². The first-order chi connectivity index (χ1) is 12.0. The van der Waals surface area contributed by atoms with Crippen LogP contribution in [-0.4, -0.2) is 54.2 Å². The SMILES string of the molecule is CCCCCCCC1N(CCOCCC(=O)[O-])C=CN1CCC(=O)[O-].[Na+].[Na+]. The third-order valence-corrected chi connectivity index (χ3v) is 4.30. The largest absolute Gasteiger partial charge is 1.00 e. The second-order valence-corrected chi connectivity index (χ2v) is 6.31. The van der Waals surface area contributed by atoms with Crippen molar-refractivity contribution in [2.24, 2.45) is 0 Å². The van der Waals surface area contributed by atoms with Crippen LogP contribution in [0.15, 0.2) is 12.4 Å². The van der Waals surface area contributed by atoms with E-state index < -0.39 is 11.9 Å². The van der Waals surface area contributed by atoms with Crippen LogP contribution in [-0.2, 0) is 14.3 Å². The van der Waals surface area contributed by atoms with Crippen molar-refractivity contribution in [2.75, 3.05) is 26.3 Å². The van der Waals surface area contributed by atoms with Crippen molar-refractivity contribution < 1.29 is 83.7 Å². The average molecular weight is 400 g/mol. The summed E-state index contributed by atoms with van der Waals surface area (Å²) < 4.78 is 5.33. The number of hydrogen-bond donors (Lipinski definition) is 0. The first-order valence-corrected chi connectivity index (χ1v) is 9.21. The van der Waals surface area contributed by atoms with Crippen molar-refractivity contribution in [3.63, 3.8) is 0 Å². The van der Waals surface area contributed by atoms with E-state index in [2.05, 4.69) is 11.8 Å². The number of nitrogens with zero attached hydrogens (tertiary/aromatic N) is 2. The minimum atomic E-state index is -1.11. The molecule has 9 heteroatoms. The molecule has 1 aliphatic heterocycles. The summed E-state index contributed by atoms with van der Waals surface area (Å²) >= 11 is 0. The molecule has 1 aliphatic rings. The number of aliphatic carboxylic acids is 2. The number of carbonyl (C=O) groups is 2. The molecule has 0 bridgehead atoms. The standard InChI is InChI=1S/C18H32N2O5.2Na/c1-2-3-4-5-6-7-16-19(10-8-17(21)22)11-12-20(16)13-15-25-14-9-18(23)24;;/h11-12,16H,2-10,13-15H2,1H3,(H,21,22)(H,23,24);;/q;2*+1/p-2. The summed E-state index contributed by atoms with van der Waals surface area (Å²) in [6.45, 7) is 3.84. The van der Waals surface area contributed by atoms with E-state index in [-0.39, 0.29) is 84.7 Å². The zero-order valence-electron chi connectivity index (χ0n) is 17.2. The Balaban J connectivity index is 0. The van der Waals surface area contributed by atoms with Gasteiger partial charge in [0.15, 0.2) is 0 Å². The van der Waals surface area contributed by atoms with E-state index in [0.29, 0.717) is 19.7 Å². The van der Waals surface area contributed by atoms with E-state index >= 15 is 0 Å². The molecule has 0 amide bonds. The number of carboxylic acid groups (broad SMARTS) is 2. The quantitative estimate of drug-likeness (QED) is 0.200. The molecule has 0 saturated carbocycles. The minimum absolute atomic E-state index is 0. The molecule has 7 nitrogen and oxygen atoms in total. The Labute approximate surface area is 207 Å². The molecule has 0 aromatic carbocycles. The van der Waals surface area contributed by atoms with Gasteiger partial charge in [-0.1, -0.05) is 32.6 Å². The van der Waals surface area contributed by atoms with Crippen LogP contribution in [0.2, 0.25) is 0 Å². The average Bonchev–Trinajstić information content (AvgIpc) is 2.94. The van der Waals surface area contributed by atoms with Crippen molar-refractivity contribution in [2.45, 2.75) is 64.5 Å². The molecular weight excluding hydrogens is 370 g/mol. The molecule has 0 aromatic heterocycles. The van der Waals surface area contributed by atoms with Crippen molar-refractivity contribution >= 4 is 11.9 Å². The molecule has 27 heavy (non-hydrogen) atoms. The van der Waals surface area contributed by atoms with E-state index in [9.17, 15) is 19.8 Å². The third kappa shape index (κ3) is 14.0. The Morgan fingerprint density at radius 2 is 1.48 bits per heavy atom. The van der Waals surface area contributed by atoms with Crippen LogP contribution in [0.1, 0.15) is 58.3 Å². The summed E-state index contributed by atoms with van der Waals surface area (Å²) in [7, 11) is 0. The maximum atomic E-state index is 10.7. The molecule has 1 rings (SSSR count). The van der Waals surface area contributed by atoms with E-state index in [1.165, 1.54) is 25.7 Å². The maximum Gasteiger partial charge on any atom is 1.00 e. The molecule has 0 N–H and O–H groups in total. The number of unbranched alkanes of at least 4 members (excludes halogenated alkanes) is 4. The van der Waals surface area contributed by atoms with Crippen LogP contribution in [0.25, 0.3) is 0 Å². The zero-order chi connectivity index (χ0) is 18.5. The number of carbonyl (C=O) groups excluding carboxylic acids is 2. The van der Waals surface area contributed by atoms with Crippen LogP contribution < -0.4 is 69.3 Å². The van der Waals surface area contributed by atoms with Gasteiger partial charge in [-0.25, -0.2) is 0 Å². The van der Waals surface area contributed by atoms with Gasteiger partial charge in [0.2, 0.25) is 0 Å². The van der Waals surface area contributed by atoms with E-state index in [4.69, 9.17) is 4.74 Å². The van der Waals surface area contributed by atoms with E-state index in [0.717, 1.165) is 12.8 Å². The summed E-state index contributed by atoms with van der Waals surface area (Å²) in [6.07, 6.45) is 10.8. The summed E-state index contributed by atoms with van der Waals surface area (Å²) in [4.78, 5) is 25.3. The van der Waals surface area contributed by atoms with Crippen LogP contribution in [0, 0.1) is 0 Å². The number of ether oxygens (including phenoxy) is 1. The maximum absolute atomic E-state index is 10.7. The first-order valence-electron chi connectivity index (χ1n) is 9.21. The van der Waals surface area contributed by atoms with Crippen molar-refractivity contribution in [3.8, 4) is 0 Å². The van der Waals surface area contributed by atoms with Crippen LogP contribution in [0.4, 0.5) is 0 Å². The van der Waals surface area contributed by atoms with Gasteiger partial charge in [0.05, 0.1) is 13.2 Å². The topological polar surface area (TPSA) is 96.0 Å². The Hall–Kier alpha value is 0.240. The van der Waals surface area contributed by atoms with Crippen molar-refractivity contribution in [1.82, 2.24) is 9.80 Å².